The van der Waals surface area contributed by atoms with Gasteiger partial charge in [0.05, 0.1) is 19.8 Å². The molecule has 8 nitrogen and oxygen atoms in total. The molecule has 1 aliphatic carbocycles. The van der Waals surface area contributed by atoms with Gasteiger partial charge in [-0.05, 0) is 29.8 Å². The number of aliphatic hydroxyl groups excluding tert-OH is 1. The summed E-state index contributed by atoms with van der Waals surface area (Å²) in [6.45, 7) is 1.98. The van der Waals surface area contributed by atoms with Crippen molar-refractivity contribution in [3.05, 3.63) is 65.1 Å². The number of hydrogen-bond acceptors (Lipinski definition) is 5. The van der Waals surface area contributed by atoms with Gasteiger partial charge in [0.2, 0.25) is 0 Å². The number of benzene rings is 1. The van der Waals surface area contributed by atoms with E-state index in [1.54, 1.807) is 19.2 Å². The van der Waals surface area contributed by atoms with Crippen LogP contribution in [0, 0.1) is 11.8 Å². The van der Waals surface area contributed by atoms with Crippen LogP contribution < -0.4 is 10.6 Å². The summed E-state index contributed by atoms with van der Waals surface area (Å²) in [5.74, 6) is 0.286. The van der Waals surface area contributed by atoms with Crippen LogP contribution >= 0.6 is 0 Å². The molecule has 166 valence electrons. The molecule has 3 N–H and O–H groups in total. The molecule has 1 aromatic carbocycles. The summed E-state index contributed by atoms with van der Waals surface area (Å²) in [5.41, 5.74) is 3.38. The third-order valence-electron chi connectivity index (χ3n) is 6.47. The summed E-state index contributed by atoms with van der Waals surface area (Å²) in [7, 11) is 1.55. The highest BCUT2D eigenvalue weighted by Crippen LogP contribution is 2.44. The Morgan fingerprint density at radius 3 is 2.75 bits per heavy atom. The maximum atomic E-state index is 12.9. The predicted octanol–water partition coefficient (Wildman–Crippen LogP) is 1.35. The highest BCUT2D eigenvalue weighted by atomic mass is 16.5. The van der Waals surface area contributed by atoms with Gasteiger partial charge in [0.25, 0.3) is 11.8 Å². The monoisotopic (exact) mass is 434 g/mol. The minimum atomic E-state index is -0.329. The molecule has 2 aromatic heterocycles. The van der Waals surface area contributed by atoms with Gasteiger partial charge >= 0.3 is 0 Å². The van der Waals surface area contributed by atoms with Crippen LogP contribution in [0.1, 0.15) is 32.1 Å². The SMILES string of the molecule is CNC(=O)c1cc(C(=O)N[C@H]2[C@@H]3COC[C@@H]32)cc(Cc2cccc3c2ccn3CCO)n1. The molecule has 2 fully saturated rings. The molecule has 0 spiro atoms. The Morgan fingerprint density at radius 2 is 2.00 bits per heavy atom. The first-order valence-electron chi connectivity index (χ1n) is 10.9. The summed E-state index contributed by atoms with van der Waals surface area (Å²) in [6, 6.07) is 11.5. The Bertz CT molecular complexity index is 1180. The van der Waals surface area contributed by atoms with E-state index >= 15 is 0 Å². The highest BCUT2D eigenvalue weighted by Gasteiger charge is 2.54. The molecule has 1 aliphatic heterocycles. The molecule has 3 atom stereocenters. The van der Waals surface area contributed by atoms with E-state index in [4.69, 9.17) is 4.74 Å². The number of ether oxygens (including phenoxy) is 1. The number of carbonyl (C=O) groups is 2. The molecule has 3 aromatic rings. The van der Waals surface area contributed by atoms with Gasteiger partial charge in [0.1, 0.15) is 5.69 Å². The van der Waals surface area contributed by atoms with Gasteiger partial charge in [-0.3, -0.25) is 9.59 Å². The van der Waals surface area contributed by atoms with Crippen molar-refractivity contribution in [2.24, 2.45) is 11.8 Å². The first-order chi connectivity index (χ1) is 15.6. The fourth-order valence-electron chi connectivity index (χ4n) is 4.68. The number of rotatable bonds is 7. The van der Waals surface area contributed by atoms with Gasteiger partial charge in [-0.25, -0.2) is 4.98 Å². The molecule has 1 saturated heterocycles. The van der Waals surface area contributed by atoms with Crippen molar-refractivity contribution in [2.45, 2.75) is 19.0 Å². The molecule has 0 bridgehead atoms. The summed E-state index contributed by atoms with van der Waals surface area (Å²) in [4.78, 5) is 29.8. The van der Waals surface area contributed by atoms with Gasteiger partial charge < -0.3 is 25.0 Å². The van der Waals surface area contributed by atoms with Crippen LogP contribution in [0.2, 0.25) is 0 Å². The molecule has 2 amide bonds. The predicted molar refractivity (Wildman–Crippen MR) is 119 cm³/mol. The zero-order chi connectivity index (χ0) is 22.2. The number of pyridine rings is 1. The molecule has 0 unspecified atom stereocenters. The first-order valence-corrected chi connectivity index (χ1v) is 10.9. The van der Waals surface area contributed by atoms with Crippen molar-refractivity contribution in [3.8, 4) is 0 Å². The number of aliphatic hydroxyl groups is 1. The molecule has 3 heterocycles. The van der Waals surface area contributed by atoms with Crippen LogP contribution in [0.25, 0.3) is 10.9 Å². The maximum absolute atomic E-state index is 12.9. The van der Waals surface area contributed by atoms with E-state index in [0.717, 1.165) is 16.5 Å². The summed E-state index contributed by atoms with van der Waals surface area (Å²) < 4.78 is 7.40. The number of fused-ring (bicyclic) bond motifs is 2. The highest BCUT2D eigenvalue weighted by molar-refractivity contribution is 5.99. The normalized spacial score (nSPS) is 21.4. The van der Waals surface area contributed by atoms with Gasteiger partial charge in [0.15, 0.2) is 0 Å². The summed E-state index contributed by atoms with van der Waals surface area (Å²) >= 11 is 0. The fraction of sp³-hybridized carbons (Fsp3) is 0.375. The number of carbonyl (C=O) groups excluding carboxylic acids is 2. The van der Waals surface area contributed by atoms with E-state index in [2.05, 4.69) is 15.6 Å². The second-order valence-electron chi connectivity index (χ2n) is 8.44. The standard InChI is InChI=1S/C24H26N4O4/c1-25-24(31)20-11-15(23(30)27-22-18-12-32-13-19(18)22)10-16(26-20)9-14-3-2-4-21-17(14)5-6-28(21)7-8-29/h2-6,10-11,18-19,22,29H,7-9,12-13H2,1H3,(H,25,31)(H,27,30)/t18-,19+,22+. The zero-order valence-electron chi connectivity index (χ0n) is 17.9. The van der Waals surface area contributed by atoms with Crippen molar-refractivity contribution < 1.29 is 19.4 Å². The Labute approximate surface area is 185 Å². The second kappa shape index (κ2) is 8.37. The fourth-order valence-corrected chi connectivity index (χ4v) is 4.68. The van der Waals surface area contributed by atoms with Crippen LogP contribution in [0.15, 0.2) is 42.6 Å². The number of aromatic nitrogens is 2. The van der Waals surface area contributed by atoms with E-state index in [0.29, 0.717) is 49.3 Å². The molecule has 0 radical (unpaired) electrons. The van der Waals surface area contributed by atoms with E-state index < -0.39 is 0 Å². The Balaban J connectivity index is 1.44. The average molecular weight is 434 g/mol. The van der Waals surface area contributed by atoms with Gasteiger partial charge in [0, 0.05) is 66.2 Å². The molecule has 5 rings (SSSR count). The summed E-state index contributed by atoms with van der Waals surface area (Å²) in [6.07, 6.45) is 2.43. The number of hydrogen-bond donors (Lipinski definition) is 3. The van der Waals surface area contributed by atoms with E-state index in [9.17, 15) is 14.7 Å². The quantitative estimate of drug-likeness (QED) is 0.521. The van der Waals surface area contributed by atoms with Crippen LogP contribution in [0.5, 0.6) is 0 Å². The molecule has 2 aliphatic rings. The van der Waals surface area contributed by atoms with E-state index in [-0.39, 0.29) is 30.2 Å². The lowest BCUT2D eigenvalue weighted by Gasteiger charge is -2.11. The minimum absolute atomic E-state index is 0.0665. The van der Waals surface area contributed by atoms with Crippen LogP contribution in [-0.2, 0) is 17.7 Å². The topological polar surface area (TPSA) is 105 Å². The van der Waals surface area contributed by atoms with Crippen molar-refractivity contribution >= 4 is 22.7 Å². The Morgan fingerprint density at radius 1 is 1.19 bits per heavy atom. The number of amides is 2. The first kappa shape index (κ1) is 20.7. The minimum Gasteiger partial charge on any atom is -0.395 e. The van der Waals surface area contributed by atoms with Crippen LogP contribution in [0.3, 0.4) is 0 Å². The van der Waals surface area contributed by atoms with Crippen molar-refractivity contribution in [1.82, 2.24) is 20.2 Å². The van der Waals surface area contributed by atoms with Gasteiger partial charge in [-0.15, -0.1) is 0 Å². The number of nitrogens with one attached hydrogen (secondary N) is 2. The molecular formula is C24H26N4O4. The van der Waals surface area contributed by atoms with E-state index in [1.165, 1.54) is 0 Å². The lowest BCUT2D eigenvalue weighted by atomic mass is 10.0. The zero-order valence-corrected chi connectivity index (χ0v) is 17.9. The second-order valence-corrected chi connectivity index (χ2v) is 8.44. The van der Waals surface area contributed by atoms with Crippen molar-refractivity contribution in [3.63, 3.8) is 0 Å². The molecular weight excluding hydrogens is 408 g/mol. The lowest BCUT2D eigenvalue weighted by molar-refractivity contribution is 0.0928. The molecule has 8 heteroatoms. The van der Waals surface area contributed by atoms with Crippen LogP contribution in [-0.4, -0.2) is 59.4 Å². The number of nitrogens with zero attached hydrogens (tertiary/aromatic N) is 2. The van der Waals surface area contributed by atoms with Gasteiger partial charge in [-0.2, -0.15) is 0 Å². The van der Waals surface area contributed by atoms with Gasteiger partial charge in [-0.1, -0.05) is 12.1 Å². The molecule has 32 heavy (non-hydrogen) atoms. The van der Waals surface area contributed by atoms with Crippen LogP contribution in [0.4, 0.5) is 0 Å². The largest absolute Gasteiger partial charge is 0.395 e. The maximum Gasteiger partial charge on any atom is 0.269 e. The molecule has 1 saturated carbocycles. The third kappa shape index (κ3) is 3.76. The smallest absolute Gasteiger partial charge is 0.269 e. The lowest BCUT2D eigenvalue weighted by Crippen LogP contribution is -2.30. The van der Waals surface area contributed by atoms with E-state index in [1.807, 2.05) is 35.0 Å². The average Bonchev–Trinajstić information content (AvgIpc) is 3.15. The Kier molecular flexibility index (Phi) is 5.40. The van der Waals surface area contributed by atoms with Crippen molar-refractivity contribution in [1.29, 1.82) is 0 Å². The summed E-state index contributed by atoms with van der Waals surface area (Å²) in [5, 5.41) is 16.0. The Hall–Kier alpha value is -3.23. The third-order valence-corrected chi connectivity index (χ3v) is 6.47. The van der Waals surface area contributed by atoms with Crippen molar-refractivity contribution in [2.75, 3.05) is 26.9 Å².